The smallest absolute Gasteiger partial charge is 0.311 e. The minimum absolute atomic E-state index is 0.208. The highest BCUT2D eigenvalue weighted by Crippen LogP contribution is 2.31. The average Bonchev–Trinajstić information content (AvgIpc) is 2.78. The minimum Gasteiger partial charge on any atom is -0.497 e. The number of carboxylic acids is 1. The van der Waals surface area contributed by atoms with Crippen molar-refractivity contribution in [3.63, 3.8) is 0 Å². The average molecular weight is 292 g/mol. The molecule has 0 spiro atoms. The highest BCUT2D eigenvalue weighted by molar-refractivity contribution is 5.70. The summed E-state index contributed by atoms with van der Waals surface area (Å²) < 4.78 is 15.8. The van der Waals surface area contributed by atoms with Crippen molar-refractivity contribution >= 4 is 17.7 Å². The number of nitrogens with one attached hydrogen (secondary N) is 1. The Morgan fingerprint density at radius 3 is 2.76 bits per heavy atom. The Hall–Kier alpha value is -2.70. The number of anilines is 2. The number of hydrogen-bond donors (Lipinski definition) is 2. The highest BCUT2D eigenvalue weighted by atomic mass is 16.5. The molecule has 1 heterocycles. The summed E-state index contributed by atoms with van der Waals surface area (Å²) in [6.45, 7) is 1.69. The Labute approximate surface area is 121 Å². The van der Waals surface area contributed by atoms with E-state index in [1.165, 1.54) is 7.11 Å². The van der Waals surface area contributed by atoms with E-state index in [1.807, 2.05) is 0 Å². The van der Waals surface area contributed by atoms with Crippen LogP contribution < -0.4 is 14.8 Å². The summed E-state index contributed by atoms with van der Waals surface area (Å²) in [5.41, 5.74) is 1.17. The fraction of sp³-hybridized carbons (Fsp3) is 0.286. The third kappa shape index (κ3) is 3.44. The van der Waals surface area contributed by atoms with Gasteiger partial charge in [0.25, 0.3) is 6.01 Å². The maximum absolute atomic E-state index is 10.7. The molecule has 0 aliphatic rings. The largest absolute Gasteiger partial charge is 0.497 e. The predicted molar refractivity (Wildman–Crippen MR) is 75.4 cm³/mol. The van der Waals surface area contributed by atoms with Crippen LogP contribution in [0.2, 0.25) is 0 Å². The van der Waals surface area contributed by atoms with Gasteiger partial charge in [-0.05, 0) is 19.1 Å². The first-order chi connectivity index (χ1) is 10.0. The lowest BCUT2D eigenvalue weighted by Crippen LogP contribution is -1.99. The molecule has 2 rings (SSSR count). The SMILES string of the molecule is COc1ccc(Nc2nc(C)c(CC(=O)O)o2)c(OC)c1. The van der Waals surface area contributed by atoms with Crippen LogP contribution in [-0.4, -0.2) is 30.3 Å². The monoisotopic (exact) mass is 292 g/mol. The molecule has 7 heteroatoms. The molecule has 0 bridgehead atoms. The van der Waals surface area contributed by atoms with Crippen LogP contribution in [0.4, 0.5) is 11.7 Å². The van der Waals surface area contributed by atoms with E-state index in [-0.39, 0.29) is 12.4 Å². The van der Waals surface area contributed by atoms with Gasteiger partial charge in [-0.25, -0.2) is 0 Å². The second kappa shape index (κ2) is 6.17. The first kappa shape index (κ1) is 14.7. The van der Waals surface area contributed by atoms with Gasteiger partial charge in [0.2, 0.25) is 0 Å². The van der Waals surface area contributed by atoms with Crippen LogP contribution >= 0.6 is 0 Å². The Morgan fingerprint density at radius 2 is 2.14 bits per heavy atom. The summed E-state index contributed by atoms with van der Waals surface area (Å²) in [6.07, 6.45) is -0.208. The van der Waals surface area contributed by atoms with Gasteiger partial charge in [-0.2, -0.15) is 4.98 Å². The maximum atomic E-state index is 10.7. The van der Waals surface area contributed by atoms with Crippen molar-refractivity contribution in [1.82, 2.24) is 4.98 Å². The molecule has 1 aromatic heterocycles. The lowest BCUT2D eigenvalue weighted by atomic mass is 10.2. The quantitative estimate of drug-likeness (QED) is 0.844. The van der Waals surface area contributed by atoms with E-state index < -0.39 is 5.97 Å². The maximum Gasteiger partial charge on any atom is 0.311 e. The Kier molecular flexibility index (Phi) is 4.32. The zero-order valence-electron chi connectivity index (χ0n) is 12.0. The van der Waals surface area contributed by atoms with E-state index in [0.717, 1.165) is 0 Å². The molecular formula is C14H16N2O5. The van der Waals surface area contributed by atoms with E-state index in [1.54, 1.807) is 32.2 Å². The number of rotatable bonds is 6. The number of aromatic nitrogens is 1. The van der Waals surface area contributed by atoms with Gasteiger partial charge in [0.15, 0.2) is 0 Å². The number of carbonyl (C=O) groups is 1. The summed E-state index contributed by atoms with van der Waals surface area (Å²) >= 11 is 0. The van der Waals surface area contributed by atoms with Crippen LogP contribution in [0.3, 0.4) is 0 Å². The number of oxazole rings is 1. The molecule has 2 N–H and O–H groups in total. The minimum atomic E-state index is -0.970. The van der Waals surface area contributed by atoms with Gasteiger partial charge < -0.3 is 24.3 Å². The zero-order valence-corrected chi connectivity index (χ0v) is 12.0. The fourth-order valence-corrected chi connectivity index (χ4v) is 1.80. The van der Waals surface area contributed by atoms with Crippen LogP contribution in [0.25, 0.3) is 0 Å². The molecule has 0 aliphatic heterocycles. The normalized spacial score (nSPS) is 10.2. The van der Waals surface area contributed by atoms with Crippen molar-refractivity contribution in [3.8, 4) is 11.5 Å². The molecule has 21 heavy (non-hydrogen) atoms. The molecule has 2 aromatic rings. The number of benzene rings is 1. The predicted octanol–water partition coefficient (Wildman–Crippen LogP) is 2.37. The molecule has 112 valence electrons. The summed E-state index contributed by atoms with van der Waals surface area (Å²) in [6, 6.07) is 5.45. The summed E-state index contributed by atoms with van der Waals surface area (Å²) in [5.74, 6) is 0.567. The van der Waals surface area contributed by atoms with E-state index in [2.05, 4.69) is 10.3 Å². The van der Waals surface area contributed by atoms with Crippen LogP contribution in [0.15, 0.2) is 22.6 Å². The number of methoxy groups -OCH3 is 2. The molecule has 0 unspecified atom stereocenters. The Balaban J connectivity index is 2.24. The molecule has 0 radical (unpaired) electrons. The summed E-state index contributed by atoms with van der Waals surface area (Å²) in [5, 5.41) is 11.7. The lowest BCUT2D eigenvalue weighted by Gasteiger charge is -2.10. The van der Waals surface area contributed by atoms with Crippen molar-refractivity contribution in [2.75, 3.05) is 19.5 Å². The molecule has 0 amide bonds. The van der Waals surface area contributed by atoms with Gasteiger partial charge in [0, 0.05) is 6.07 Å². The molecule has 1 aromatic carbocycles. The molecule has 0 saturated carbocycles. The number of hydrogen-bond acceptors (Lipinski definition) is 6. The zero-order chi connectivity index (χ0) is 15.4. The van der Waals surface area contributed by atoms with Crippen molar-refractivity contribution in [2.45, 2.75) is 13.3 Å². The second-order valence-corrected chi connectivity index (χ2v) is 4.29. The first-order valence-electron chi connectivity index (χ1n) is 6.20. The van der Waals surface area contributed by atoms with Gasteiger partial charge in [-0.1, -0.05) is 0 Å². The number of nitrogens with zero attached hydrogens (tertiary/aromatic N) is 1. The van der Waals surface area contributed by atoms with Crippen molar-refractivity contribution < 1.29 is 23.8 Å². The number of ether oxygens (including phenoxy) is 2. The number of aryl methyl sites for hydroxylation is 1. The van der Waals surface area contributed by atoms with Gasteiger partial charge in [-0.3, -0.25) is 4.79 Å². The van der Waals surface area contributed by atoms with Crippen molar-refractivity contribution in [1.29, 1.82) is 0 Å². The van der Waals surface area contributed by atoms with Gasteiger partial charge in [-0.15, -0.1) is 0 Å². The van der Waals surface area contributed by atoms with E-state index in [9.17, 15) is 4.79 Å². The molecule has 7 nitrogen and oxygen atoms in total. The third-order valence-corrected chi connectivity index (χ3v) is 2.85. The topological polar surface area (TPSA) is 93.8 Å². The molecule has 0 fully saturated rings. The molecule has 0 aliphatic carbocycles. The van der Waals surface area contributed by atoms with Gasteiger partial charge >= 0.3 is 5.97 Å². The summed E-state index contributed by atoms with van der Waals surface area (Å²) in [7, 11) is 3.11. The van der Waals surface area contributed by atoms with E-state index in [4.69, 9.17) is 19.0 Å². The molecular weight excluding hydrogens is 276 g/mol. The lowest BCUT2D eigenvalue weighted by molar-refractivity contribution is -0.136. The van der Waals surface area contributed by atoms with Crippen molar-refractivity contribution in [3.05, 3.63) is 29.7 Å². The van der Waals surface area contributed by atoms with Crippen LogP contribution in [0, 0.1) is 6.92 Å². The molecule has 0 atom stereocenters. The molecule has 0 saturated heterocycles. The summed E-state index contributed by atoms with van der Waals surface area (Å²) in [4.78, 5) is 14.9. The van der Waals surface area contributed by atoms with E-state index >= 15 is 0 Å². The third-order valence-electron chi connectivity index (χ3n) is 2.85. The van der Waals surface area contributed by atoms with Crippen LogP contribution in [0.5, 0.6) is 11.5 Å². The Bertz CT molecular complexity index is 651. The standard InChI is InChI=1S/C14H16N2O5/c1-8-11(7-13(17)18)21-14(15-8)16-10-5-4-9(19-2)6-12(10)20-3/h4-6H,7H2,1-3H3,(H,15,16)(H,17,18). The van der Waals surface area contributed by atoms with Crippen molar-refractivity contribution in [2.24, 2.45) is 0 Å². The van der Waals surface area contributed by atoms with Gasteiger partial charge in [0.1, 0.15) is 23.7 Å². The first-order valence-corrected chi connectivity index (χ1v) is 6.20. The van der Waals surface area contributed by atoms with E-state index in [0.29, 0.717) is 28.6 Å². The second-order valence-electron chi connectivity index (χ2n) is 4.29. The van der Waals surface area contributed by atoms with Crippen LogP contribution in [-0.2, 0) is 11.2 Å². The number of carboxylic acid groups (broad SMARTS) is 1. The fourth-order valence-electron chi connectivity index (χ4n) is 1.80. The number of aliphatic carboxylic acids is 1. The Morgan fingerprint density at radius 1 is 1.38 bits per heavy atom. The van der Waals surface area contributed by atoms with Gasteiger partial charge in [0.05, 0.1) is 25.6 Å². The highest BCUT2D eigenvalue weighted by Gasteiger charge is 2.14. The van der Waals surface area contributed by atoms with Crippen LogP contribution in [0.1, 0.15) is 11.5 Å².